The van der Waals surface area contributed by atoms with Gasteiger partial charge in [0.15, 0.2) is 11.5 Å². The molecule has 0 saturated carbocycles. The van der Waals surface area contributed by atoms with Gasteiger partial charge < -0.3 is 29.0 Å². The molecule has 1 aromatic carbocycles. The first-order valence-electron chi connectivity index (χ1n) is 5.88. The zero-order chi connectivity index (χ0) is 14.3. The molecule has 0 unspecified atom stereocenters. The molecule has 0 saturated heterocycles. The van der Waals surface area contributed by atoms with Crippen LogP contribution in [0.15, 0.2) is 12.1 Å². The van der Waals surface area contributed by atoms with E-state index in [1.54, 1.807) is 12.1 Å². The van der Waals surface area contributed by atoms with Gasteiger partial charge in [-0.1, -0.05) is 0 Å². The van der Waals surface area contributed by atoms with Crippen molar-refractivity contribution in [1.82, 2.24) is 0 Å². The van der Waals surface area contributed by atoms with Gasteiger partial charge in [-0.15, -0.1) is 0 Å². The van der Waals surface area contributed by atoms with Crippen molar-refractivity contribution in [1.29, 1.82) is 0 Å². The van der Waals surface area contributed by atoms with Gasteiger partial charge in [-0.05, 0) is 24.0 Å². The Balaban J connectivity index is 2.95. The number of hydrogen-bond acceptors (Lipinski definition) is 6. The zero-order valence-electron chi connectivity index (χ0n) is 11.4. The number of aliphatic hydroxyl groups excluding tert-OH is 1. The lowest BCUT2D eigenvalue weighted by Gasteiger charge is -2.15. The van der Waals surface area contributed by atoms with Crippen LogP contribution >= 0.6 is 0 Å². The molecule has 1 aromatic rings. The molecule has 106 valence electrons. The number of rotatable bonds is 8. The molecule has 0 radical (unpaired) electrons. The van der Waals surface area contributed by atoms with Crippen LogP contribution in [0.1, 0.15) is 6.42 Å². The lowest BCUT2D eigenvalue weighted by Crippen LogP contribution is -2.34. The molecule has 7 heteroatoms. The van der Waals surface area contributed by atoms with E-state index in [1.807, 2.05) is 0 Å². The van der Waals surface area contributed by atoms with E-state index in [0.29, 0.717) is 29.1 Å². The van der Waals surface area contributed by atoms with Crippen LogP contribution in [-0.4, -0.2) is 51.8 Å². The maximum Gasteiger partial charge on any atom is 0.491 e. The highest BCUT2D eigenvalue weighted by atomic mass is 16.5. The van der Waals surface area contributed by atoms with Crippen LogP contribution in [0.3, 0.4) is 0 Å². The van der Waals surface area contributed by atoms with Gasteiger partial charge in [-0.3, -0.25) is 0 Å². The molecule has 0 aliphatic heterocycles. The second-order valence-electron chi connectivity index (χ2n) is 3.76. The van der Waals surface area contributed by atoms with E-state index in [-0.39, 0.29) is 13.2 Å². The number of benzene rings is 1. The van der Waals surface area contributed by atoms with Crippen LogP contribution in [0.2, 0.25) is 0 Å². The summed E-state index contributed by atoms with van der Waals surface area (Å²) in [6.07, 6.45) is 0.460. The predicted molar refractivity (Wildman–Crippen MR) is 71.4 cm³/mol. The van der Waals surface area contributed by atoms with Crippen LogP contribution in [0.5, 0.6) is 17.2 Å². The monoisotopic (exact) mass is 270 g/mol. The van der Waals surface area contributed by atoms with Crippen molar-refractivity contribution < 1.29 is 29.0 Å². The van der Waals surface area contributed by atoms with Crippen LogP contribution < -0.4 is 19.7 Å². The largest absolute Gasteiger partial charge is 0.493 e. The lowest BCUT2D eigenvalue weighted by molar-refractivity contribution is 0.215. The Hall–Kier alpha value is -1.44. The van der Waals surface area contributed by atoms with Crippen molar-refractivity contribution in [2.24, 2.45) is 0 Å². The highest BCUT2D eigenvalue weighted by molar-refractivity contribution is 6.60. The lowest BCUT2D eigenvalue weighted by atomic mass is 9.79. The summed E-state index contributed by atoms with van der Waals surface area (Å²) < 4.78 is 20.7. The van der Waals surface area contributed by atoms with Crippen LogP contribution in [-0.2, 0) is 4.65 Å². The van der Waals surface area contributed by atoms with Crippen molar-refractivity contribution in [3.8, 4) is 17.2 Å². The average molecular weight is 270 g/mol. The van der Waals surface area contributed by atoms with Crippen molar-refractivity contribution in [2.75, 3.05) is 34.5 Å². The minimum Gasteiger partial charge on any atom is -0.493 e. The molecule has 0 fully saturated rings. The summed E-state index contributed by atoms with van der Waals surface area (Å²) in [7, 11) is 3.40. The second-order valence-corrected chi connectivity index (χ2v) is 3.76. The highest BCUT2D eigenvalue weighted by Gasteiger charge is 2.22. The molecule has 0 bridgehead atoms. The van der Waals surface area contributed by atoms with E-state index < -0.39 is 7.12 Å². The number of hydrogen-bond donors (Lipinski definition) is 2. The average Bonchev–Trinajstić information content (AvgIpc) is 2.45. The van der Waals surface area contributed by atoms with Gasteiger partial charge >= 0.3 is 7.12 Å². The van der Waals surface area contributed by atoms with Gasteiger partial charge in [0.2, 0.25) is 5.75 Å². The van der Waals surface area contributed by atoms with Crippen molar-refractivity contribution in [3.05, 3.63) is 12.1 Å². The van der Waals surface area contributed by atoms with E-state index >= 15 is 0 Å². The number of methoxy groups -OCH3 is 3. The van der Waals surface area contributed by atoms with E-state index in [4.69, 9.17) is 24.0 Å². The Morgan fingerprint density at radius 2 is 1.63 bits per heavy atom. The SMILES string of the molecule is COc1cc(B(O)OCCCO)cc(OC)c1OC. The molecular weight excluding hydrogens is 251 g/mol. The van der Waals surface area contributed by atoms with Gasteiger partial charge in [0.1, 0.15) is 0 Å². The minimum absolute atomic E-state index is 0.0158. The first-order valence-corrected chi connectivity index (χ1v) is 5.88. The van der Waals surface area contributed by atoms with Gasteiger partial charge in [0.25, 0.3) is 0 Å². The van der Waals surface area contributed by atoms with E-state index in [2.05, 4.69) is 0 Å². The second kappa shape index (κ2) is 7.88. The van der Waals surface area contributed by atoms with Gasteiger partial charge in [-0.25, -0.2) is 0 Å². The predicted octanol–water partition coefficient (Wildman–Crippen LogP) is -0.201. The summed E-state index contributed by atoms with van der Waals surface area (Å²) in [6.45, 7) is 0.274. The van der Waals surface area contributed by atoms with Gasteiger partial charge in [-0.2, -0.15) is 0 Å². The quantitative estimate of drug-likeness (QED) is 0.503. The molecule has 6 nitrogen and oxygen atoms in total. The zero-order valence-corrected chi connectivity index (χ0v) is 11.4. The van der Waals surface area contributed by atoms with Crippen molar-refractivity contribution in [3.63, 3.8) is 0 Å². The fraction of sp³-hybridized carbons (Fsp3) is 0.500. The summed E-state index contributed by atoms with van der Waals surface area (Å²) in [5.74, 6) is 1.35. The summed E-state index contributed by atoms with van der Waals surface area (Å²) >= 11 is 0. The fourth-order valence-corrected chi connectivity index (χ4v) is 1.60. The molecule has 19 heavy (non-hydrogen) atoms. The number of ether oxygens (including phenoxy) is 3. The van der Waals surface area contributed by atoms with Gasteiger partial charge in [0, 0.05) is 13.2 Å². The first-order chi connectivity index (χ1) is 9.17. The van der Waals surface area contributed by atoms with E-state index in [0.717, 1.165) is 0 Å². The normalized spacial score (nSPS) is 10.2. The standard InChI is InChI=1S/C12H19BO6/c1-16-10-7-9(13(15)19-6-4-5-14)8-11(17-2)12(10)18-3/h7-8,14-15H,4-6H2,1-3H3. The van der Waals surface area contributed by atoms with Crippen molar-refractivity contribution in [2.45, 2.75) is 6.42 Å². The summed E-state index contributed by atoms with van der Waals surface area (Å²) in [6, 6.07) is 3.23. The third-order valence-electron chi connectivity index (χ3n) is 2.55. The molecule has 0 aliphatic carbocycles. The molecule has 0 amide bonds. The Morgan fingerprint density at radius 3 is 2.05 bits per heavy atom. The molecule has 1 rings (SSSR count). The summed E-state index contributed by atoms with van der Waals surface area (Å²) in [4.78, 5) is 0. The Morgan fingerprint density at radius 1 is 1.05 bits per heavy atom. The Kier molecular flexibility index (Phi) is 6.48. The fourth-order valence-electron chi connectivity index (χ4n) is 1.60. The highest BCUT2D eigenvalue weighted by Crippen LogP contribution is 2.35. The van der Waals surface area contributed by atoms with E-state index in [9.17, 15) is 5.02 Å². The molecule has 0 aliphatic rings. The maximum absolute atomic E-state index is 9.89. The van der Waals surface area contributed by atoms with E-state index in [1.165, 1.54) is 21.3 Å². The van der Waals surface area contributed by atoms with Gasteiger partial charge in [0.05, 0.1) is 21.3 Å². The molecule has 2 N–H and O–H groups in total. The molecule has 0 heterocycles. The summed E-state index contributed by atoms with van der Waals surface area (Å²) in [5, 5.41) is 18.6. The molecular formula is C12H19BO6. The minimum atomic E-state index is -1.11. The topological polar surface area (TPSA) is 77.4 Å². The molecule has 0 atom stereocenters. The maximum atomic E-state index is 9.89. The molecule has 0 spiro atoms. The molecule has 0 aromatic heterocycles. The third kappa shape index (κ3) is 4.02. The summed E-state index contributed by atoms with van der Waals surface area (Å²) in [5.41, 5.74) is 0.493. The van der Waals surface area contributed by atoms with Crippen molar-refractivity contribution >= 4 is 12.6 Å². The van der Waals surface area contributed by atoms with Crippen LogP contribution in [0.4, 0.5) is 0 Å². The van der Waals surface area contributed by atoms with Crippen LogP contribution in [0.25, 0.3) is 0 Å². The Bertz CT molecular complexity index is 373. The Labute approximate surface area is 113 Å². The first kappa shape index (κ1) is 15.6. The smallest absolute Gasteiger partial charge is 0.491 e. The third-order valence-corrected chi connectivity index (χ3v) is 2.55. The number of aliphatic hydroxyl groups is 1. The van der Waals surface area contributed by atoms with Crippen LogP contribution in [0, 0.1) is 0 Å².